The number of hydrogen-bond donors (Lipinski definition) is 0. The normalized spacial score (nSPS) is 16.2. The van der Waals surface area contributed by atoms with Crippen molar-refractivity contribution in [2.45, 2.75) is 39.7 Å². The van der Waals surface area contributed by atoms with E-state index in [9.17, 15) is 14.4 Å². The van der Waals surface area contributed by atoms with E-state index in [4.69, 9.17) is 23.9 Å². The number of aromatic nitrogens is 1. The second kappa shape index (κ2) is 15.7. The molecule has 260 valence electrons. The number of fused-ring (bicyclic) bond motifs is 1. The molecule has 2 aliphatic rings. The molecule has 1 fully saturated rings. The molecule has 1 amide bonds. The van der Waals surface area contributed by atoms with Crippen LogP contribution < -0.4 is 24.4 Å². The van der Waals surface area contributed by atoms with E-state index in [-0.39, 0.29) is 24.7 Å². The number of esters is 1. The summed E-state index contributed by atoms with van der Waals surface area (Å²) >= 11 is 1.25. The van der Waals surface area contributed by atoms with Crippen LogP contribution in [0, 0.1) is 0 Å². The Bertz CT molecular complexity index is 2060. The lowest BCUT2D eigenvalue weighted by atomic mass is 9.91. The highest BCUT2D eigenvalue weighted by Crippen LogP contribution is 2.36. The summed E-state index contributed by atoms with van der Waals surface area (Å²) < 4.78 is 24.7. The van der Waals surface area contributed by atoms with Crippen molar-refractivity contribution in [3.63, 3.8) is 0 Å². The van der Waals surface area contributed by atoms with Crippen molar-refractivity contribution >= 4 is 35.0 Å². The van der Waals surface area contributed by atoms with E-state index in [1.165, 1.54) is 11.3 Å². The molecule has 0 N–H and O–H groups in total. The van der Waals surface area contributed by atoms with E-state index in [1.807, 2.05) is 67.6 Å². The van der Waals surface area contributed by atoms with E-state index in [0.29, 0.717) is 76.5 Å². The molecule has 1 aromatic heterocycles. The minimum atomic E-state index is -0.761. The van der Waals surface area contributed by atoms with Crippen molar-refractivity contribution in [1.29, 1.82) is 0 Å². The molecule has 0 unspecified atom stereocenters. The van der Waals surface area contributed by atoms with Gasteiger partial charge in [0.1, 0.15) is 0 Å². The van der Waals surface area contributed by atoms with Crippen molar-refractivity contribution < 1.29 is 28.5 Å². The van der Waals surface area contributed by atoms with Crippen LogP contribution in [0.3, 0.4) is 0 Å². The van der Waals surface area contributed by atoms with Gasteiger partial charge in [-0.25, -0.2) is 9.79 Å². The third-order valence-corrected chi connectivity index (χ3v) is 9.56. The van der Waals surface area contributed by atoms with Gasteiger partial charge in [-0.1, -0.05) is 85.8 Å². The number of amides is 1. The average Bonchev–Trinajstić information content (AvgIpc) is 3.45. The Morgan fingerprint density at radius 1 is 0.960 bits per heavy atom. The first-order chi connectivity index (χ1) is 24.3. The number of nitrogens with zero attached hydrogens (tertiary/aromatic N) is 3. The Labute approximate surface area is 294 Å². The van der Waals surface area contributed by atoms with Crippen LogP contribution in [0.2, 0.25) is 0 Å². The van der Waals surface area contributed by atoms with E-state index >= 15 is 0 Å². The Kier molecular flexibility index (Phi) is 10.9. The van der Waals surface area contributed by atoms with Crippen LogP contribution in [0.25, 0.3) is 11.8 Å². The maximum absolute atomic E-state index is 14.4. The molecule has 4 aromatic rings. The zero-order valence-electron chi connectivity index (χ0n) is 28.7. The van der Waals surface area contributed by atoms with Crippen LogP contribution in [0.1, 0.15) is 61.9 Å². The van der Waals surface area contributed by atoms with Gasteiger partial charge in [-0.3, -0.25) is 14.2 Å². The lowest BCUT2D eigenvalue weighted by molar-refractivity contribution is -0.139. The van der Waals surface area contributed by atoms with Gasteiger partial charge in [-0.05, 0) is 54.7 Å². The van der Waals surface area contributed by atoms with Gasteiger partial charge in [0.05, 0.1) is 48.3 Å². The highest BCUT2D eigenvalue weighted by atomic mass is 32.1. The molecule has 6 rings (SSSR count). The zero-order valence-corrected chi connectivity index (χ0v) is 29.5. The van der Waals surface area contributed by atoms with Crippen molar-refractivity contribution in [2.24, 2.45) is 4.99 Å². The van der Waals surface area contributed by atoms with Crippen LogP contribution in [-0.2, 0) is 19.1 Å². The number of ether oxygens (including phenoxy) is 4. The summed E-state index contributed by atoms with van der Waals surface area (Å²) in [4.78, 5) is 47.9. The molecule has 1 atom stereocenters. The monoisotopic (exact) mass is 695 g/mol. The van der Waals surface area contributed by atoms with Gasteiger partial charge in [0.2, 0.25) is 0 Å². The molecule has 3 heterocycles. The van der Waals surface area contributed by atoms with Gasteiger partial charge < -0.3 is 23.8 Å². The molecular weight excluding hydrogens is 655 g/mol. The lowest BCUT2D eigenvalue weighted by Gasteiger charge is -2.26. The maximum Gasteiger partial charge on any atom is 0.338 e. The number of hydrogen-bond acceptors (Lipinski definition) is 9. The van der Waals surface area contributed by atoms with Crippen LogP contribution >= 0.6 is 11.3 Å². The summed E-state index contributed by atoms with van der Waals surface area (Å²) in [5.74, 6) is 0.568. The number of thiazole rings is 1. The highest BCUT2D eigenvalue weighted by molar-refractivity contribution is 7.07. The number of rotatable bonds is 11. The Morgan fingerprint density at radius 2 is 1.70 bits per heavy atom. The fourth-order valence-electron chi connectivity index (χ4n) is 6.02. The molecule has 0 radical (unpaired) electrons. The van der Waals surface area contributed by atoms with Crippen molar-refractivity contribution in [3.05, 3.63) is 120 Å². The van der Waals surface area contributed by atoms with E-state index in [0.717, 1.165) is 16.7 Å². The van der Waals surface area contributed by atoms with Gasteiger partial charge in [-0.2, -0.15) is 0 Å². The van der Waals surface area contributed by atoms with Crippen LogP contribution in [0.4, 0.5) is 0 Å². The smallest absolute Gasteiger partial charge is 0.338 e. The fourth-order valence-corrected chi connectivity index (χ4v) is 7.02. The van der Waals surface area contributed by atoms with Crippen LogP contribution in [0.5, 0.6) is 11.5 Å². The van der Waals surface area contributed by atoms with Gasteiger partial charge in [0.15, 0.2) is 22.9 Å². The predicted octanol–water partition coefficient (Wildman–Crippen LogP) is 4.70. The molecular formula is C39H41N3O7S. The highest BCUT2D eigenvalue weighted by Gasteiger charge is 2.35. The molecule has 10 nitrogen and oxygen atoms in total. The van der Waals surface area contributed by atoms with Gasteiger partial charge in [0, 0.05) is 18.7 Å². The molecule has 2 aliphatic heterocycles. The summed E-state index contributed by atoms with van der Waals surface area (Å²) in [6, 6.07) is 22.1. The van der Waals surface area contributed by atoms with Crippen molar-refractivity contribution in [2.75, 3.05) is 46.1 Å². The number of carbonyl (C=O) groups excluding carboxylic acids is 2. The molecule has 11 heteroatoms. The van der Waals surface area contributed by atoms with Gasteiger partial charge in [-0.15, -0.1) is 0 Å². The zero-order chi connectivity index (χ0) is 35.2. The largest absolute Gasteiger partial charge is 0.490 e. The van der Waals surface area contributed by atoms with E-state index in [2.05, 4.69) is 13.8 Å². The second-order valence-electron chi connectivity index (χ2n) is 12.2. The molecule has 0 aliphatic carbocycles. The lowest BCUT2D eigenvalue weighted by Crippen LogP contribution is -2.43. The second-order valence-corrected chi connectivity index (χ2v) is 13.2. The molecule has 50 heavy (non-hydrogen) atoms. The third kappa shape index (κ3) is 7.44. The summed E-state index contributed by atoms with van der Waals surface area (Å²) in [7, 11) is 0. The first-order valence-electron chi connectivity index (χ1n) is 16.9. The Hall–Kier alpha value is -5.00. The summed E-state index contributed by atoms with van der Waals surface area (Å²) in [6.45, 7) is 10.4. The maximum atomic E-state index is 14.4. The van der Waals surface area contributed by atoms with E-state index in [1.54, 1.807) is 34.6 Å². The van der Waals surface area contributed by atoms with E-state index < -0.39 is 12.0 Å². The minimum Gasteiger partial charge on any atom is -0.490 e. The third-order valence-electron chi connectivity index (χ3n) is 8.57. The molecule has 1 saturated heterocycles. The first kappa shape index (κ1) is 34.8. The van der Waals surface area contributed by atoms with Crippen LogP contribution in [0.15, 0.2) is 88.2 Å². The molecule has 0 saturated carbocycles. The summed E-state index contributed by atoms with van der Waals surface area (Å²) in [5, 5.41) is 0. The quantitative estimate of drug-likeness (QED) is 0.210. The van der Waals surface area contributed by atoms with Crippen LogP contribution in [-0.4, -0.2) is 67.5 Å². The SMILES string of the molecule is CCOC(=O)C1=C(c2ccccc2)N=c2s/c(=C/c3ccc(OCC(=O)N4CCOCC4)c(OCC)c3)c(=O)n2[C@H]1c1ccc(C(C)C)cc1. The minimum absolute atomic E-state index is 0.119. The molecule has 0 bridgehead atoms. The fraction of sp³-hybridized carbons (Fsp3) is 0.333. The van der Waals surface area contributed by atoms with Gasteiger partial charge >= 0.3 is 5.97 Å². The standard InChI is InChI=1S/C39H41N3O7S/c1-5-47-31-22-26(12-17-30(31)49-24-33(43)41-18-20-46-21-19-41)23-32-37(44)42-36(29-15-13-27(14-16-29)25(3)4)34(38(45)48-6-2)35(40-39(42)50-32)28-10-8-7-9-11-28/h7-17,22-23,25,36H,5-6,18-21,24H2,1-4H3/b32-23+/t36-/m0/s1. The number of carbonyl (C=O) groups is 2. The first-order valence-corrected chi connectivity index (χ1v) is 17.7. The molecule has 0 spiro atoms. The van der Waals surface area contributed by atoms with Crippen molar-refractivity contribution in [1.82, 2.24) is 9.47 Å². The topological polar surface area (TPSA) is 109 Å². The average molecular weight is 696 g/mol. The molecule has 3 aromatic carbocycles. The summed E-state index contributed by atoms with van der Waals surface area (Å²) in [5.41, 5.74) is 3.88. The van der Waals surface area contributed by atoms with Gasteiger partial charge in [0.25, 0.3) is 11.5 Å². The number of benzene rings is 3. The number of morpholine rings is 1. The Morgan fingerprint density at radius 3 is 2.38 bits per heavy atom. The van der Waals surface area contributed by atoms with Crippen molar-refractivity contribution in [3.8, 4) is 11.5 Å². The summed E-state index contributed by atoms with van der Waals surface area (Å²) in [6.07, 6.45) is 1.78. The predicted molar refractivity (Wildman–Crippen MR) is 192 cm³/mol. The Balaban J connectivity index is 1.44.